The molecule has 0 saturated heterocycles. The smallest absolute Gasteiger partial charge is 0.399 e. The SMILES string of the molecule is Nc1cccc(CNC(=O)c2cccn2-c2ncc(C(F)(F)F)cc2Cl)c1. The first-order valence-electron chi connectivity index (χ1n) is 7.79. The summed E-state index contributed by atoms with van der Waals surface area (Å²) in [6.45, 7) is 0.239. The van der Waals surface area contributed by atoms with Gasteiger partial charge in [0.1, 0.15) is 5.69 Å². The van der Waals surface area contributed by atoms with Crippen LogP contribution in [-0.4, -0.2) is 15.5 Å². The molecule has 140 valence electrons. The van der Waals surface area contributed by atoms with E-state index in [1.54, 1.807) is 24.3 Å². The molecule has 2 aromatic heterocycles. The van der Waals surface area contributed by atoms with Gasteiger partial charge in [-0.15, -0.1) is 0 Å². The summed E-state index contributed by atoms with van der Waals surface area (Å²) in [7, 11) is 0. The van der Waals surface area contributed by atoms with Crippen LogP contribution >= 0.6 is 11.6 Å². The summed E-state index contributed by atoms with van der Waals surface area (Å²) in [6, 6.07) is 10.9. The van der Waals surface area contributed by atoms with E-state index in [9.17, 15) is 18.0 Å². The minimum atomic E-state index is -4.55. The maximum atomic E-state index is 12.8. The van der Waals surface area contributed by atoms with Crippen LogP contribution in [-0.2, 0) is 12.7 Å². The highest BCUT2D eigenvalue weighted by Crippen LogP contribution is 2.32. The molecule has 0 bridgehead atoms. The third kappa shape index (κ3) is 4.22. The number of carbonyl (C=O) groups is 1. The fourth-order valence-corrected chi connectivity index (χ4v) is 2.75. The van der Waals surface area contributed by atoms with Gasteiger partial charge in [-0.1, -0.05) is 23.7 Å². The van der Waals surface area contributed by atoms with E-state index in [1.165, 1.54) is 16.8 Å². The van der Waals surface area contributed by atoms with E-state index >= 15 is 0 Å². The van der Waals surface area contributed by atoms with Gasteiger partial charge in [-0.25, -0.2) is 4.98 Å². The molecular weight excluding hydrogens is 381 g/mol. The summed E-state index contributed by atoms with van der Waals surface area (Å²) < 4.78 is 39.6. The summed E-state index contributed by atoms with van der Waals surface area (Å²) in [5, 5.41) is 2.51. The second-order valence-electron chi connectivity index (χ2n) is 5.72. The topological polar surface area (TPSA) is 72.9 Å². The van der Waals surface area contributed by atoms with Gasteiger partial charge in [0.2, 0.25) is 0 Å². The lowest BCUT2D eigenvalue weighted by molar-refractivity contribution is -0.137. The van der Waals surface area contributed by atoms with Crippen LogP contribution in [0.2, 0.25) is 5.02 Å². The third-order valence-corrected chi connectivity index (χ3v) is 4.04. The predicted molar refractivity (Wildman–Crippen MR) is 95.6 cm³/mol. The van der Waals surface area contributed by atoms with E-state index in [0.717, 1.165) is 11.6 Å². The van der Waals surface area contributed by atoms with Crippen molar-refractivity contribution in [2.45, 2.75) is 12.7 Å². The molecule has 9 heteroatoms. The Bertz CT molecular complexity index is 985. The van der Waals surface area contributed by atoms with Gasteiger partial charge in [0.15, 0.2) is 5.82 Å². The number of carbonyl (C=O) groups excluding carboxylic acids is 1. The highest BCUT2D eigenvalue weighted by molar-refractivity contribution is 6.32. The fourth-order valence-electron chi connectivity index (χ4n) is 2.49. The van der Waals surface area contributed by atoms with Gasteiger partial charge in [-0.2, -0.15) is 13.2 Å². The van der Waals surface area contributed by atoms with Crippen molar-refractivity contribution in [2.75, 3.05) is 5.73 Å². The van der Waals surface area contributed by atoms with Crippen molar-refractivity contribution in [1.29, 1.82) is 0 Å². The first kappa shape index (κ1) is 18.8. The Kier molecular flexibility index (Phi) is 5.09. The normalized spacial score (nSPS) is 11.4. The van der Waals surface area contributed by atoms with Gasteiger partial charge in [0.05, 0.1) is 10.6 Å². The number of amides is 1. The molecule has 0 atom stereocenters. The number of hydrogen-bond donors (Lipinski definition) is 2. The quantitative estimate of drug-likeness (QED) is 0.655. The van der Waals surface area contributed by atoms with E-state index in [-0.39, 0.29) is 23.1 Å². The zero-order valence-corrected chi connectivity index (χ0v) is 14.6. The van der Waals surface area contributed by atoms with Crippen molar-refractivity contribution in [2.24, 2.45) is 0 Å². The fraction of sp³-hybridized carbons (Fsp3) is 0.111. The molecule has 2 heterocycles. The number of nitrogens with two attached hydrogens (primary N) is 1. The highest BCUT2D eigenvalue weighted by atomic mass is 35.5. The monoisotopic (exact) mass is 394 g/mol. The van der Waals surface area contributed by atoms with Crippen LogP contribution in [0.3, 0.4) is 0 Å². The number of halogens is 4. The second-order valence-corrected chi connectivity index (χ2v) is 6.13. The molecule has 0 fully saturated rings. The maximum Gasteiger partial charge on any atom is 0.417 e. The average Bonchev–Trinajstić information content (AvgIpc) is 3.08. The molecule has 3 rings (SSSR count). The van der Waals surface area contributed by atoms with Gasteiger partial charge in [0.25, 0.3) is 5.91 Å². The third-order valence-electron chi connectivity index (χ3n) is 3.76. The largest absolute Gasteiger partial charge is 0.417 e. The van der Waals surface area contributed by atoms with Crippen LogP contribution in [0.5, 0.6) is 0 Å². The standard InChI is InChI=1S/C18H14ClF3N4O/c19-14-8-12(18(20,21)22)10-24-16(14)26-6-2-5-15(26)17(27)25-9-11-3-1-4-13(23)7-11/h1-8,10H,9,23H2,(H,25,27). The van der Waals surface area contributed by atoms with E-state index in [0.29, 0.717) is 11.9 Å². The number of nitrogen functional groups attached to an aromatic ring is 1. The summed E-state index contributed by atoms with van der Waals surface area (Å²) in [6.07, 6.45) is -2.38. The minimum absolute atomic E-state index is 0.0313. The molecule has 0 aliphatic rings. The summed E-state index contributed by atoms with van der Waals surface area (Å²) in [5.74, 6) is -0.399. The Labute approximate surface area is 157 Å². The van der Waals surface area contributed by atoms with Gasteiger partial charge in [-0.3, -0.25) is 9.36 Å². The lowest BCUT2D eigenvalue weighted by Gasteiger charge is -2.12. The van der Waals surface area contributed by atoms with E-state index in [2.05, 4.69) is 10.3 Å². The van der Waals surface area contributed by atoms with Crippen LogP contribution in [0.4, 0.5) is 18.9 Å². The van der Waals surface area contributed by atoms with Gasteiger partial charge < -0.3 is 11.1 Å². The van der Waals surface area contributed by atoms with Gasteiger partial charge in [-0.05, 0) is 35.9 Å². The van der Waals surface area contributed by atoms with Crippen LogP contribution in [0.1, 0.15) is 21.6 Å². The first-order valence-corrected chi connectivity index (χ1v) is 8.16. The Morgan fingerprint density at radius 2 is 2.00 bits per heavy atom. The highest BCUT2D eigenvalue weighted by Gasteiger charge is 2.32. The molecule has 0 saturated carbocycles. The van der Waals surface area contributed by atoms with Gasteiger partial charge >= 0.3 is 6.18 Å². The summed E-state index contributed by atoms with van der Waals surface area (Å²) in [5.41, 5.74) is 6.31. The number of nitrogens with one attached hydrogen (secondary N) is 1. The Balaban J connectivity index is 1.82. The number of anilines is 1. The Hall–Kier alpha value is -3.00. The average molecular weight is 395 g/mol. The molecular formula is C18H14ClF3N4O. The molecule has 0 unspecified atom stereocenters. The van der Waals surface area contributed by atoms with Crippen molar-refractivity contribution in [1.82, 2.24) is 14.9 Å². The molecule has 5 nitrogen and oxygen atoms in total. The second kappa shape index (κ2) is 7.32. The zero-order valence-electron chi connectivity index (χ0n) is 13.8. The zero-order chi connectivity index (χ0) is 19.6. The number of nitrogens with zero attached hydrogens (tertiary/aromatic N) is 2. The Morgan fingerprint density at radius 3 is 2.67 bits per heavy atom. The van der Waals surface area contributed by atoms with E-state index in [1.807, 2.05) is 6.07 Å². The molecule has 0 aliphatic heterocycles. The number of aromatic nitrogens is 2. The van der Waals surface area contributed by atoms with Crippen molar-refractivity contribution in [3.8, 4) is 5.82 Å². The maximum absolute atomic E-state index is 12.8. The molecule has 0 radical (unpaired) electrons. The predicted octanol–water partition coefficient (Wildman–Crippen LogP) is 4.06. The number of hydrogen-bond acceptors (Lipinski definition) is 3. The molecule has 27 heavy (non-hydrogen) atoms. The van der Waals surface area contributed by atoms with Crippen molar-refractivity contribution >= 4 is 23.2 Å². The summed E-state index contributed by atoms with van der Waals surface area (Å²) >= 11 is 5.96. The number of rotatable bonds is 4. The summed E-state index contributed by atoms with van der Waals surface area (Å²) in [4.78, 5) is 16.3. The lowest BCUT2D eigenvalue weighted by atomic mass is 10.2. The van der Waals surface area contributed by atoms with Crippen molar-refractivity contribution < 1.29 is 18.0 Å². The van der Waals surface area contributed by atoms with Crippen LogP contribution < -0.4 is 11.1 Å². The van der Waals surface area contributed by atoms with Crippen LogP contribution in [0, 0.1) is 0 Å². The molecule has 0 aliphatic carbocycles. The molecule has 3 N–H and O–H groups in total. The molecule has 1 aromatic carbocycles. The minimum Gasteiger partial charge on any atom is -0.399 e. The first-order chi connectivity index (χ1) is 12.8. The van der Waals surface area contributed by atoms with E-state index < -0.39 is 17.6 Å². The molecule has 1 amide bonds. The van der Waals surface area contributed by atoms with Crippen LogP contribution in [0.25, 0.3) is 5.82 Å². The lowest BCUT2D eigenvalue weighted by Crippen LogP contribution is -2.25. The number of alkyl halides is 3. The molecule has 3 aromatic rings. The molecule has 0 spiro atoms. The Morgan fingerprint density at radius 1 is 1.22 bits per heavy atom. The van der Waals surface area contributed by atoms with Crippen LogP contribution in [0.15, 0.2) is 54.9 Å². The van der Waals surface area contributed by atoms with Gasteiger partial charge in [0, 0.05) is 24.6 Å². The number of benzene rings is 1. The van der Waals surface area contributed by atoms with Crippen molar-refractivity contribution in [3.63, 3.8) is 0 Å². The van der Waals surface area contributed by atoms with E-state index in [4.69, 9.17) is 17.3 Å². The van der Waals surface area contributed by atoms with Crippen molar-refractivity contribution in [3.05, 3.63) is 76.7 Å². The number of pyridine rings is 1.